The van der Waals surface area contributed by atoms with Crippen LogP contribution in [0.1, 0.15) is 13.3 Å². The quantitative estimate of drug-likeness (QED) is 0.254. The zero-order valence-corrected chi connectivity index (χ0v) is 11.8. The van der Waals surface area contributed by atoms with Crippen molar-refractivity contribution in [1.29, 1.82) is 0 Å². The molecular weight excluding hydrogens is 300 g/mol. The lowest BCUT2D eigenvalue weighted by atomic mass is 10.1. The number of amides is 3. The summed E-state index contributed by atoms with van der Waals surface area (Å²) in [6.45, 7) is 0.219. The minimum Gasteiger partial charge on any atom is -0.481 e. The van der Waals surface area contributed by atoms with Crippen molar-refractivity contribution in [2.45, 2.75) is 25.4 Å². The number of aliphatic carboxylic acids is 2. The van der Waals surface area contributed by atoms with Crippen molar-refractivity contribution in [3.63, 3.8) is 0 Å². The van der Waals surface area contributed by atoms with Gasteiger partial charge in [0.2, 0.25) is 17.7 Å². The van der Waals surface area contributed by atoms with Gasteiger partial charge in [0.1, 0.15) is 18.6 Å². The van der Waals surface area contributed by atoms with E-state index in [0.717, 1.165) is 0 Å². The molecule has 0 aliphatic heterocycles. The Bertz CT molecular complexity index is 465. The molecule has 124 valence electrons. The van der Waals surface area contributed by atoms with Gasteiger partial charge in [-0.25, -0.2) is 0 Å². The van der Waals surface area contributed by atoms with Gasteiger partial charge < -0.3 is 31.9 Å². The third-order valence-electron chi connectivity index (χ3n) is 2.38. The molecule has 11 nitrogen and oxygen atoms in total. The van der Waals surface area contributed by atoms with Gasteiger partial charge in [0, 0.05) is 0 Å². The number of carboxylic acids is 2. The Morgan fingerprint density at radius 3 is 2.05 bits per heavy atom. The topological polar surface area (TPSA) is 188 Å². The maximum Gasteiger partial charge on any atom is 0.322 e. The molecule has 0 fully saturated rings. The summed E-state index contributed by atoms with van der Waals surface area (Å²) in [5, 5.41) is 23.4. The van der Waals surface area contributed by atoms with E-state index in [2.05, 4.69) is 10.6 Å². The predicted molar refractivity (Wildman–Crippen MR) is 71.5 cm³/mol. The molecule has 3 amide bonds. The first-order chi connectivity index (χ1) is 10.2. The van der Waals surface area contributed by atoms with E-state index in [4.69, 9.17) is 15.9 Å². The third kappa shape index (κ3) is 7.79. The molecule has 0 rings (SSSR count). The maximum absolute atomic E-state index is 11.9. The molecule has 11 heteroatoms. The fourth-order valence-electron chi connectivity index (χ4n) is 1.33. The first kappa shape index (κ1) is 19.3. The summed E-state index contributed by atoms with van der Waals surface area (Å²) in [6.07, 6.45) is -0.693. The zero-order valence-electron chi connectivity index (χ0n) is 11.8. The van der Waals surface area contributed by atoms with Crippen LogP contribution in [0.3, 0.4) is 0 Å². The van der Waals surface area contributed by atoms with Gasteiger partial charge in [-0.1, -0.05) is 0 Å². The van der Waals surface area contributed by atoms with E-state index < -0.39 is 61.3 Å². The van der Waals surface area contributed by atoms with Crippen LogP contribution >= 0.6 is 0 Å². The summed E-state index contributed by atoms with van der Waals surface area (Å²) >= 11 is 0. The summed E-state index contributed by atoms with van der Waals surface area (Å²) in [7, 11) is 0. The van der Waals surface area contributed by atoms with Crippen molar-refractivity contribution >= 4 is 29.7 Å². The van der Waals surface area contributed by atoms with Crippen LogP contribution < -0.4 is 21.7 Å². The van der Waals surface area contributed by atoms with E-state index >= 15 is 0 Å². The van der Waals surface area contributed by atoms with Crippen molar-refractivity contribution in [3.8, 4) is 0 Å². The Kier molecular flexibility index (Phi) is 8.15. The number of nitrogens with two attached hydrogens (primary N) is 1. The molecule has 0 bridgehead atoms. The average molecular weight is 318 g/mol. The summed E-state index contributed by atoms with van der Waals surface area (Å²) in [4.78, 5) is 55.5. The standard InChI is InChI=1S/C11H18N4O7/c1-5(10(21)13-4-9(19)20)14-11(22)6(2-8(17)18)15-7(16)3-12/h5-6H,2-4,12H2,1H3,(H,13,21)(H,14,22)(H,15,16)(H,17,18)(H,19,20). The largest absolute Gasteiger partial charge is 0.481 e. The lowest BCUT2D eigenvalue weighted by Crippen LogP contribution is -2.54. The number of rotatable bonds is 9. The Morgan fingerprint density at radius 1 is 1.00 bits per heavy atom. The molecule has 0 aromatic carbocycles. The van der Waals surface area contributed by atoms with E-state index in [-0.39, 0.29) is 0 Å². The SMILES string of the molecule is CC(NC(=O)C(CC(=O)O)NC(=O)CN)C(=O)NCC(=O)O. The van der Waals surface area contributed by atoms with Gasteiger partial charge in [0.15, 0.2) is 0 Å². The van der Waals surface area contributed by atoms with Gasteiger partial charge in [0.05, 0.1) is 13.0 Å². The molecule has 2 unspecified atom stereocenters. The highest BCUT2D eigenvalue weighted by atomic mass is 16.4. The number of carbonyl (C=O) groups excluding carboxylic acids is 3. The van der Waals surface area contributed by atoms with E-state index in [1.165, 1.54) is 6.92 Å². The van der Waals surface area contributed by atoms with Crippen LogP contribution in [0.15, 0.2) is 0 Å². The van der Waals surface area contributed by atoms with Crippen LogP contribution in [0.2, 0.25) is 0 Å². The third-order valence-corrected chi connectivity index (χ3v) is 2.38. The van der Waals surface area contributed by atoms with E-state index in [9.17, 15) is 24.0 Å². The lowest BCUT2D eigenvalue weighted by molar-refractivity contribution is -0.141. The summed E-state index contributed by atoms with van der Waals surface area (Å²) < 4.78 is 0. The zero-order chi connectivity index (χ0) is 17.3. The van der Waals surface area contributed by atoms with Gasteiger partial charge in [-0.3, -0.25) is 24.0 Å². The van der Waals surface area contributed by atoms with Crippen LogP contribution in [0, 0.1) is 0 Å². The van der Waals surface area contributed by atoms with Crippen molar-refractivity contribution in [2.24, 2.45) is 5.73 Å². The molecule has 0 spiro atoms. The van der Waals surface area contributed by atoms with E-state index in [0.29, 0.717) is 0 Å². The molecule has 0 saturated heterocycles. The Balaban J connectivity index is 4.65. The van der Waals surface area contributed by atoms with Gasteiger partial charge >= 0.3 is 11.9 Å². The number of nitrogens with one attached hydrogen (secondary N) is 3. The maximum atomic E-state index is 11.9. The molecule has 22 heavy (non-hydrogen) atoms. The second-order valence-electron chi connectivity index (χ2n) is 4.26. The number of carbonyl (C=O) groups is 5. The summed E-state index contributed by atoms with van der Waals surface area (Å²) in [5.41, 5.74) is 5.06. The lowest BCUT2D eigenvalue weighted by Gasteiger charge is -2.19. The molecule has 2 atom stereocenters. The van der Waals surface area contributed by atoms with Crippen LogP contribution in [0.4, 0.5) is 0 Å². The normalized spacial score (nSPS) is 12.6. The highest BCUT2D eigenvalue weighted by Gasteiger charge is 2.26. The smallest absolute Gasteiger partial charge is 0.322 e. The molecule has 7 N–H and O–H groups in total. The molecule has 0 saturated carbocycles. The Hall–Kier alpha value is -2.69. The fraction of sp³-hybridized carbons (Fsp3) is 0.545. The van der Waals surface area contributed by atoms with E-state index in [1.807, 2.05) is 5.32 Å². The molecule has 0 aromatic heterocycles. The average Bonchev–Trinajstić information content (AvgIpc) is 2.42. The molecule has 0 aromatic rings. The van der Waals surface area contributed by atoms with Crippen molar-refractivity contribution in [3.05, 3.63) is 0 Å². The van der Waals surface area contributed by atoms with Gasteiger partial charge in [0.25, 0.3) is 0 Å². The number of hydrogen-bond acceptors (Lipinski definition) is 6. The summed E-state index contributed by atoms with van der Waals surface area (Å²) in [5.74, 6) is -4.99. The monoisotopic (exact) mass is 318 g/mol. The van der Waals surface area contributed by atoms with Gasteiger partial charge in [-0.15, -0.1) is 0 Å². The highest BCUT2D eigenvalue weighted by Crippen LogP contribution is 1.95. The molecule has 0 aliphatic carbocycles. The predicted octanol–water partition coefficient (Wildman–Crippen LogP) is -3.39. The van der Waals surface area contributed by atoms with E-state index in [1.54, 1.807) is 0 Å². The van der Waals surface area contributed by atoms with Crippen LogP contribution in [-0.4, -0.2) is 65.0 Å². The fourth-order valence-corrected chi connectivity index (χ4v) is 1.33. The summed E-state index contributed by atoms with van der Waals surface area (Å²) in [6, 6.07) is -2.51. The minimum atomic E-state index is -1.40. The van der Waals surface area contributed by atoms with Crippen molar-refractivity contribution in [1.82, 2.24) is 16.0 Å². The first-order valence-corrected chi connectivity index (χ1v) is 6.18. The van der Waals surface area contributed by atoms with Crippen LogP contribution in [0.5, 0.6) is 0 Å². The molecule has 0 radical (unpaired) electrons. The molecular formula is C11H18N4O7. The van der Waals surface area contributed by atoms with Crippen LogP contribution in [0.25, 0.3) is 0 Å². The number of carboxylic acid groups (broad SMARTS) is 2. The molecule has 0 heterocycles. The van der Waals surface area contributed by atoms with Crippen molar-refractivity contribution < 1.29 is 34.2 Å². The first-order valence-electron chi connectivity index (χ1n) is 6.18. The second-order valence-corrected chi connectivity index (χ2v) is 4.26. The minimum absolute atomic E-state index is 0.432. The van der Waals surface area contributed by atoms with Crippen molar-refractivity contribution in [2.75, 3.05) is 13.1 Å². The Labute approximate surface area is 125 Å². The van der Waals surface area contributed by atoms with Gasteiger partial charge in [-0.2, -0.15) is 0 Å². The number of hydrogen-bond donors (Lipinski definition) is 6. The van der Waals surface area contributed by atoms with Gasteiger partial charge in [-0.05, 0) is 6.92 Å². The van der Waals surface area contributed by atoms with Crippen LogP contribution in [-0.2, 0) is 24.0 Å². The molecule has 0 aliphatic rings. The second kappa shape index (κ2) is 9.28. The Morgan fingerprint density at radius 2 is 1.59 bits per heavy atom. The highest BCUT2D eigenvalue weighted by molar-refractivity contribution is 5.94.